The standard InChI is InChI=1S/C26H33N3O5/c1-17(25(31)32)12-14-27-24(30)23(13-15-29(2)3)28-26(33)34-16-22-20-10-6-4-8-18(20)19-9-5-7-11-21(19)22/h4-11,17,22-23H,12-16H2,1-3H3,(H,27,30)(H,28,33)(H,31,32). The van der Waals surface area contributed by atoms with Crippen LogP contribution in [-0.2, 0) is 14.3 Å². The number of rotatable bonds is 11. The number of aliphatic carboxylic acids is 1. The normalized spacial score (nSPS) is 14.1. The number of carboxylic acid groups (broad SMARTS) is 1. The van der Waals surface area contributed by atoms with Gasteiger partial charge in [-0.3, -0.25) is 9.59 Å². The Bertz CT molecular complexity index is 978. The summed E-state index contributed by atoms with van der Waals surface area (Å²) in [5, 5.41) is 14.4. The van der Waals surface area contributed by atoms with Crippen molar-refractivity contribution >= 4 is 18.0 Å². The number of nitrogens with one attached hydrogen (secondary N) is 2. The van der Waals surface area contributed by atoms with Gasteiger partial charge in [0, 0.05) is 12.5 Å². The second-order valence-electron chi connectivity index (χ2n) is 8.93. The van der Waals surface area contributed by atoms with Gasteiger partial charge in [-0.1, -0.05) is 55.5 Å². The topological polar surface area (TPSA) is 108 Å². The van der Waals surface area contributed by atoms with E-state index in [9.17, 15) is 14.4 Å². The summed E-state index contributed by atoms with van der Waals surface area (Å²) in [6.45, 7) is 2.56. The van der Waals surface area contributed by atoms with E-state index in [-0.39, 0.29) is 25.0 Å². The lowest BCUT2D eigenvalue weighted by Gasteiger charge is -2.21. The molecule has 0 saturated carbocycles. The molecule has 182 valence electrons. The zero-order valence-electron chi connectivity index (χ0n) is 19.9. The summed E-state index contributed by atoms with van der Waals surface area (Å²) in [6.07, 6.45) is 0.0592. The van der Waals surface area contributed by atoms with Gasteiger partial charge in [0.25, 0.3) is 0 Å². The third-order valence-corrected chi connectivity index (χ3v) is 6.12. The summed E-state index contributed by atoms with van der Waals surface area (Å²) in [7, 11) is 3.77. The molecule has 2 unspecified atom stereocenters. The van der Waals surface area contributed by atoms with Crippen LogP contribution in [0.15, 0.2) is 48.5 Å². The van der Waals surface area contributed by atoms with E-state index < -0.39 is 24.0 Å². The Morgan fingerprint density at radius 3 is 2.15 bits per heavy atom. The number of carbonyl (C=O) groups is 3. The molecule has 2 aromatic carbocycles. The molecule has 0 radical (unpaired) electrons. The predicted octanol–water partition coefficient (Wildman–Crippen LogP) is 3.07. The van der Waals surface area contributed by atoms with Gasteiger partial charge in [0.05, 0.1) is 5.92 Å². The van der Waals surface area contributed by atoms with E-state index >= 15 is 0 Å². The molecule has 0 bridgehead atoms. The average Bonchev–Trinajstić information content (AvgIpc) is 3.13. The van der Waals surface area contributed by atoms with Gasteiger partial charge in [0.2, 0.25) is 5.91 Å². The predicted molar refractivity (Wildman–Crippen MR) is 130 cm³/mol. The zero-order valence-corrected chi connectivity index (χ0v) is 19.9. The van der Waals surface area contributed by atoms with Gasteiger partial charge in [-0.25, -0.2) is 4.79 Å². The fourth-order valence-corrected chi connectivity index (χ4v) is 4.10. The van der Waals surface area contributed by atoms with Gasteiger partial charge < -0.3 is 25.4 Å². The fourth-order valence-electron chi connectivity index (χ4n) is 4.10. The van der Waals surface area contributed by atoms with Crippen LogP contribution in [-0.4, -0.2) is 67.8 Å². The summed E-state index contributed by atoms with van der Waals surface area (Å²) < 4.78 is 5.58. The Morgan fingerprint density at radius 2 is 1.59 bits per heavy atom. The van der Waals surface area contributed by atoms with Crippen LogP contribution < -0.4 is 10.6 Å². The first kappa shape index (κ1) is 25.2. The van der Waals surface area contributed by atoms with E-state index in [1.54, 1.807) is 6.92 Å². The van der Waals surface area contributed by atoms with Crippen LogP contribution in [0, 0.1) is 5.92 Å². The van der Waals surface area contributed by atoms with Crippen molar-refractivity contribution < 1.29 is 24.2 Å². The third kappa shape index (κ3) is 6.35. The Balaban J connectivity index is 1.60. The van der Waals surface area contributed by atoms with E-state index in [0.29, 0.717) is 19.4 Å². The maximum absolute atomic E-state index is 12.7. The van der Waals surface area contributed by atoms with Crippen LogP contribution >= 0.6 is 0 Å². The van der Waals surface area contributed by atoms with E-state index in [1.165, 1.54) is 0 Å². The minimum absolute atomic E-state index is 0.0651. The van der Waals surface area contributed by atoms with Gasteiger partial charge in [-0.05, 0) is 55.7 Å². The van der Waals surface area contributed by atoms with Crippen molar-refractivity contribution in [3.63, 3.8) is 0 Å². The smallest absolute Gasteiger partial charge is 0.407 e. The Hall–Kier alpha value is -3.39. The number of alkyl carbamates (subject to hydrolysis) is 1. The summed E-state index contributed by atoms with van der Waals surface area (Å²) in [6, 6.07) is 15.4. The molecular weight excluding hydrogens is 434 g/mol. The highest BCUT2D eigenvalue weighted by molar-refractivity contribution is 5.85. The Labute approximate surface area is 200 Å². The van der Waals surface area contributed by atoms with Crippen molar-refractivity contribution in [2.75, 3.05) is 33.8 Å². The first-order valence-corrected chi connectivity index (χ1v) is 11.5. The number of amides is 2. The molecule has 2 atom stereocenters. The second-order valence-corrected chi connectivity index (χ2v) is 8.93. The molecule has 0 aliphatic heterocycles. The van der Waals surface area contributed by atoms with Crippen molar-refractivity contribution in [2.45, 2.75) is 31.7 Å². The van der Waals surface area contributed by atoms with Gasteiger partial charge in [0.15, 0.2) is 0 Å². The number of hydrogen-bond donors (Lipinski definition) is 3. The SMILES string of the molecule is CC(CCNC(=O)C(CCN(C)C)NC(=O)OCC1c2ccccc2-c2ccccc21)C(=O)O. The summed E-state index contributed by atoms with van der Waals surface area (Å²) in [5.41, 5.74) is 4.52. The molecule has 0 aromatic heterocycles. The van der Waals surface area contributed by atoms with Crippen LogP contribution in [0.5, 0.6) is 0 Å². The summed E-state index contributed by atoms with van der Waals surface area (Å²) >= 11 is 0. The molecule has 34 heavy (non-hydrogen) atoms. The molecule has 0 spiro atoms. The molecule has 1 aliphatic rings. The maximum atomic E-state index is 12.7. The zero-order chi connectivity index (χ0) is 24.7. The lowest BCUT2D eigenvalue weighted by atomic mass is 9.98. The first-order chi connectivity index (χ1) is 16.3. The summed E-state index contributed by atoms with van der Waals surface area (Å²) in [5.74, 6) is -1.89. The van der Waals surface area contributed by atoms with Crippen molar-refractivity contribution in [1.82, 2.24) is 15.5 Å². The van der Waals surface area contributed by atoms with E-state index in [2.05, 4.69) is 22.8 Å². The Morgan fingerprint density at radius 1 is 1.00 bits per heavy atom. The van der Waals surface area contributed by atoms with Crippen LogP contribution in [0.4, 0.5) is 4.79 Å². The molecule has 2 aromatic rings. The van der Waals surface area contributed by atoms with E-state index in [1.807, 2.05) is 55.4 Å². The molecule has 0 saturated heterocycles. The van der Waals surface area contributed by atoms with Crippen molar-refractivity contribution in [3.05, 3.63) is 59.7 Å². The second kappa shape index (κ2) is 11.7. The van der Waals surface area contributed by atoms with Crippen molar-refractivity contribution in [1.29, 1.82) is 0 Å². The van der Waals surface area contributed by atoms with Crippen molar-refractivity contribution in [2.24, 2.45) is 5.92 Å². The minimum atomic E-state index is -0.907. The number of benzene rings is 2. The third-order valence-electron chi connectivity index (χ3n) is 6.12. The lowest BCUT2D eigenvalue weighted by molar-refractivity contribution is -0.141. The highest BCUT2D eigenvalue weighted by Gasteiger charge is 2.29. The van der Waals surface area contributed by atoms with E-state index in [4.69, 9.17) is 9.84 Å². The van der Waals surface area contributed by atoms with Crippen LogP contribution in [0.3, 0.4) is 0 Å². The monoisotopic (exact) mass is 467 g/mol. The number of hydrogen-bond acceptors (Lipinski definition) is 5. The minimum Gasteiger partial charge on any atom is -0.481 e. The highest BCUT2D eigenvalue weighted by atomic mass is 16.5. The molecule has 1 aliphatic carbocycles. The summed E-state index contributed by atoms with van der Waals surface area (Å²) in [4.78, 5) is 38.2. The number of carboxylic acids is 1. The largest absolute Gasteiger partial charge is 0.481 e. The quantitative estimate of drug-likeness (QED) is 0.469. The van der Waals surface area contributed by atoms with Crippen LogP contribution in [0.25, 0.3) is 11.1 Å². The molecule has 2 amide bonds. The molecular formula is C26H33N3O5. The lowest BCUT2D eigenvalue weighted by Crippen LogP contribution is -2.48. The first-order valence-electron chi connectivity index (χ1n) is 11.5. The van der Waals surface area contributed by atoms with Gasteiger partial charge in [0.1, 0.15) is 12.6 Å². The van der Waals surface area contributed by atoms with Crippen LogP contribution in [0.1, 0.15) is 36.8 Å². The fraction of sp³-hybridized carbons (Fsp3) is 0.423. The molecule has 3 N–H and O–H groups in total. The molecule has 0 fully saturated rings. The Kier molecular flexibility index (Phi) is 8.65. The maximum Gasteiger partial charge on any atom is 0.407 e. The number of ether oxygens (including phenoxy) is 1. The number of nitrogens with zero attached hydrogens (tertiary/aromatic N) is 1. The molecule has 8 nitrogen and oxygen atoms in total. The molecule has 0 heterocycles. The highest BCUT2D eigenvalue weighted by Crippen LogP contribution is 2.44. The number of carbonyl (C=O) groups excluding carboxylic acids is 2. The average molecular weight is 468 g/mol. The van der Waals surface area contributed by atoms with E-state index in [0.717, 1.165) is 22.3 Å². The van der Waals surface area contributed by atoms with Crippen molar-refractivity contribution in [3.8, 4) is 11.1 Å². The van der Waals surface area contributed by atoms with Gasteiger partial charge in [-0.2, -0.15) is 0 Å². The molecule has 3 rings (SSSR count). The number of fused-ring (bicyclic) bond motifs is 3. The molecule has 8 heteroatoms. The van der Waals surface area contributed by atoms with Gasteiger partial charge in [-0.15, -0.1) is 0 Å². The van der Waals surface area contributed by atoms with Crippen LogP contribution in [0.2, 0.25) is 0 Å². The van der Waals surface area contributed by atoms with Gasteiger partial charge >= 0.3 is 12.1 Å².